The topological polar surface area (TPSA) is 78.3 Å². The highest BCUT2D eigenvalue weighted by Gasteiger charge is 2.42. The minimum absolute atomic E-state index is 0.0253. The average Bonchev–Trinajstić information content (AvgIpc) is 3.08. The maximum absolute atomic E-state index is 13.1. The van der Waals surface area contributed by atoms with Gasteiger partial charge in [-0.1, -0.05) is 42.5 Å². The summed E-state index contributed by atoms with van der Waals surface area (Å²) in [6.07, 6.45) is 2.38. The van der Waals surface area contributed by atoms with Gasteiger partial charge in [-0.25, -0.2) is 14.4 Å². The Kier molecular flexibility index (Phi) is 6.47. The molecule has 4 rings (SSSR count). The molecule has 3 N–H and O–H groups in total. The van der Waals surface area contributed by atoms with Crippen LogP contribution in [-0.2, 0) is 13.0 Å². The van der Waals surface area contributed by atoms with Gasteiger partial charge in [0.1, 0.15) is 5.82 Å². The predicted molar refractivity (Wildman–Crippen MR) is 113 cm³/mol. The lowest BCUT2D eigenvalue weighted by Gasteiger charge is -2.25. The molecule has 30 heavy (non-hydrogen) atoms. The van der Waals surface area contributed by atoms with Crippen molar-refractivity contribution in [2.75, 3.05) is 6.61 Å². The van der Waals surface area contributed by atoms with Crippen LogP contribution >= 0.6 is 0 Å². The Bertz CT molecular complexity index is 952. The van der Waals surface area contributed by atoms with Crippen molar-refractivity contribution >= 4 is 0 Å². The number of aromatic nitrogens is 2. The number of nitrogens with one attached hydrogen (secondary N) is 1. The molecule has 2 aromatic carbocycles. The van der Waals surface area contributed by atoms with Crippen LogP contribution in [0.25, 0.3) is 11.4 Å². The smallest absolute Gasteiger partial charge is 0.159 e. The van der Waals surface area contributed by atoms with E-state index in [1.807, 2.05) is 36.4 Å². The first-order valence-electron chi connectivity index (χ1n) is 10.3. The van der Waals surface area contributed by atoms with Crippen molar-refractivity contribution in [1.29, 1.82) is 0 Å². The van der Waals surface area contributed by atoms with E-state index in [0.717, 1.165) is 16.8 Å². The van der Waals surface area contributed by atoms with Gasteiger partial charge < -0.3 is 15.5 Å². The Morgan fingerprint density at radius 2 is 1.77 bits per heavy atom. The third kappa shape index (κ3) is 4.73. The average molecular weight is 407 g/mol. The van der Waals surface area contributed by atoms with E-state index in [1.165, 1.54) is 12.1 Å². The second kappa shape index (κ2) is 9.43. The van der Waals surface area contributed by atoms with Gasteiger partial charge in [-0.15, -0.1) is 0 Å². The van der Waals surface area contributed by atoms with Gasteiger partial charge >= 0.3 is 0 Å². The molecule has 0 unspecified atom stereocenters. The molecule has 6 heteroatoms. The molecule has 0 radical (unpaired) electrons. The second-order valence-corrected chi connectivity index (χ2v) is 7.87. The molecule has 4 atom stereocenters. The lowest BCUT2D eigenvalue weighted by Crippen LogP contribution is -2.36. The van der Waals surface area contributed by atoms with Crippen molar-refractivity contribution < 1.29 is 14.6 Å². The fourth-order valence-electron chi connectivity index (χ4n) is 4.31. The molecule has 0 saturated heterocycles. The monoisotopic (exact) mass is 407 g/mol. The van der Waals surface area contributed by atoms with E-state index in [9.17, 15) is 14.6 Å². The second-order valence-electron chi connectivity index (χ2n) is 7.87. The predicted octanol–water partition coefficient (Wildman–Crippen LogP) is 2.97. The first-order valence-corrected chi connectivity index (χ1v) is 10.3. The number of aliphatic hydroxyl groups is 2. The molecule has 0 amide bonds. The zero-order valence-electron chi connectivity index (χ0n) is 16.7. The molecule has 1 heterocycles. The molecular formula is C24H26FN3O2. The summed E-state index contributed by atoms with van der Waals surface area (Å²) in [4.78, 5) is 9.10. The molecule has 1 saturated carbocycles. The summed E-state index contributed by atoms with van der Waals surface area (Å²) >= 11 is 0. The largest absolute Gasteiger partial charge is 0.396 e. The Morgan fingerprint density at radius 3 is 2.50 bits per heavy atom. The molecule has 5 nitrogen and oxygen atoms in total. The fourth-order valence-corrected chi connectivity index (χ4v) is 4.31. The summed E-state index contributed by atoms with van der Waals surface area (Å²) in [6, 6.07) is 18.1. The van der Waals surface area contributed by atoms with E-state index in [1.54, 1.807) is 18.3 Å². The van der Waals surface area contributed by atoms with Crippen LogP contribution in [0.15, 0.2) is 66.9 Å². The molecule has 156 valence electrons. The molecule has 1 aromatic heterocycles. The van der Waals surface area contributed by atoms with Gasteiger partial charge in [-0.05, 0) is 42.5 Å². The van der Waals surface area contributed by atoms with E-state index in [2.05, 4.69) is 10.3 Å². The van der Waals surface area contributed by atoms with E-state index in [0.29, 0.717) is 25.2 Å². The van der Waals surface area contributed by atoms with Gasteiger partial charge in [-0.2, -0.15) is 0 Å². The zero-order chi connectivity index (χ0) is 20.9. The van der Waals surface area contributed by atoms with Crippen molar-refractivity contribution in [3.05, 3.63) is 83.9 Å². The lowest BCUT2D eigenvalue weighted by molar-refractivity contribution is 0.0716. The van der Waals surface area contributed by atoms with Gasteiger partial charge in [0.05, 0.1) is 6.10 Å². The number of aliphatic hydroxyl groups excluding tert-OH is 2. The number of hydrogen-bond acceptors (Lipinski definition) is 5. The number of nitrogens with zero attached hydrogens (tertiary/aromatic N) is 2. The van der Waals surface area contributed by atoms with Gasteiger partial charge in [0.15, 0.2) is 5.82 Å². The van der Waals surface area contributed by atoms with Crippen LogP contribution in [0, 0.1) is 17.7 Å². The normalized spacial score (nSPS) is 23.6. The van der Waals surface area contributed by atoms with Crippen LogP contribution in [-0.4, -0.2) is 38.9 Å². The molecule has 3 aromatic rings. The van der Waals surface area contributed by atoms with E-state index < -0.39 is 6.10 Å². The highest BCUT2D eigenvalue weighted by molar-refractivity contribution is 5.54. The summed E-state index contributed by atoms with van der Waals surface area (Å²) in [7, 11) is 0. The number of halogens is 1. The van der Waals surface area contributed by atoms with Gasteiger partial charge in [0, 0.05) is 42.6 Å². The van der Waals surface area contributed by atoms with Gasteiger partial charge in [0.2, 0.25) is 0 Å². The standard InChI is InChI=1S/C24H26FN3O2/c25-18-8-6-16(7-9-18)14-27-22-13-23(30)21(15-29)20(22)12-19-10-11-26-24(28-19)17-4-2-1-3-5-17/h1-11,20-23,27,29-30H,12-15H2/t20-,21-,22-,23-/m1/s1. The number of benzene rings is 2. The molecule has 1 aliphatic carbocycles. The van der Waals surface area contributed by atoms with Gasteiger partial charge in [-0.3, -0.25) is 0 Å². The van der Waals surface area contributed by atoms with E-state index >= 15 is 0 Å². The van der Waals surface area contributed by atoms with Crippen LogP contribution < -0.4 is 5.32 Å². The van der Waals surface area contributed by atoms with E-state index in [4.69, 9.17) is 4.98 Å². The molecular weight excluding hydrogens is 381 g/mol. The highest BCUT2D eigenvalue weighted by Crippen LogP contribution is 2.35. The molecule has 0 bridgehead atoms. The SMILES string of the molecule is OC[C@@H]1[C@@H](Cc2ccnc(-c3ccccc3)n2)[C@H](NCc2ccc(F)cc2)C[C@H]1O. The van der Waals surface area contributed by atoms with E-state index in [-0.39, 0.29) is 30.3 Å². The maximum Gasteiger partial charge on any atom is 0.159 e. The van der Waals surface area contributed by atoms with Crippen molar-refractivity contribution in [3.8, 4) is 11.4 Å². The first kappa shape index (κ1) is 20.6. The van der Waals surface area contributed by atoms with Crippen molar-refractivity contribution in [2.24, 2.45) is 11.8 Å². The minimum atomic E-state index is -0.568. The summed E-state index contributed by atoms with van der Waals surface area (Å²) < 4.78 is 13.1. The first-order chi connectivity index (χ1) is 14.6. The molecule has 0 spiro atoms. The quantitative estimate of drug-likeness (QED) is 0.561. The summed E-state index contributed by atoms with van der Waals surface area (Å²) in [5.74, 6) is 0.226. The third-order valence-electron chi connectivity index (χ3n) is 5.94. The third-order valence-corrected chi connectivity index (χ3v) is 5.94. The minimum Gasteiger partial charge on any atom is -0.396 e. The number of rotatable bonds is 7. The van der Waals surface area contributed by atoms with Crippen LogP contribution in [0.1, 0.15) is 17.7 Å². The Morgan fingerprint density at radius 1 is 1.00 bits per heavy atom. The van der Waals surface area contributed by atoms with Crippen molar-refractivity contribution in [2.45, 2.75) is 31.5 Å². The number of hydrogen-bond donors (Lipinski definition) is 3. The van der Waals surface area contributed by atoms with Crippen molar-refractivity contribution in [3.63, 3.8) is 0 Å². The van der Waals surface area contributed by atoms with Gasteiger partial charge in [0.25, 0.3) is 0 Å². The molecule has 1 fully saturated rings. The van der Waals surface area contributed by atoms with Crippen LogP contribution in [0.5, 0.6) is 0 Å². The Balaban J connectivity index is 1.50. The van der Waals surface area contributed by atoms with Crippen LogP contribution in [0.4, 0.5) is 4.39 Å². The lowest BCUT2D eigenvalue weighted by atomic mass is 9.88. The molecule has 1 aliphatic rings. The summed E-state index contributed by atoms with van der Waals surface area (Å²) in [5.41, 5.74) is 2.82. The fraction of sp³-hybridized carbons (Fsp3) is 0.333. The Hall–Kier alpha value is -2.67. The van der Waals surface area contributed by atoms with Crippen molar-refractivity contribution in [1.82, 2.24) is 15.3 Å². The highest BCUT2D eigenvalue weighted by atomic mass is 19.1. The Labute approximate surface area is 175 Å². The summed E-state index contributed by atoms with van der Waals surface area (Å²) in [6.45, 7) is 0.503. The molecule has 0 aliphatic heterocycles. The maximum atomic E-state index is 13.1. The zero-order valence-corrected chi connectivity index (χ0v) is 16.7. The van der Waals surface area contributed by atoms with Crippen LogP contribution in [0.2, 0.25) is 0 Å². The van der Waals surface area contributed by atoms with Crippen LogP contribution in [0.3, 0.4) is 0 Å². The summed E-state index contributed by atoms with van der Waals surface area (Å²) in [5, 5.41) is 23.9.